The van der Waals surface area contributed by atoms with Crippen molar-refractivity contribution < 1.29 is 26.4 Å². The predicted molar refractivity (Wildman–Crippen MR) is 101 cm³/mol. The molecule has 0 spiro atoms. The van der Waals surface area contributed by atoms with E-state index in [1.165, 1.54) is 23.1 Å². The van der Waals surface area contributed by atoms with Gasteiger partial charge in [0.05, 0.1) is 28.1 Å². The number of benzene rings is 1. The number of hydrogen-bond donors (Lipinski definition) is 0. The predicted octanol–water partition coefficient (Wildman–Crippen LogP) is 2.20. The van der Waals surface area contributed by atoms with Gasteiger partial charge in [0.25, 0.3) is 5.91 Å². The van der Waals surface area contributed by atoms with Crippen molar-refractivity contribution in [3.8, 4) is 0 Å². The number of nitrogens with zero attached hydrogens (tertiary/aromatic N) is 3. The molecule has 2 aromatic rings. The molecule has 1 aromatic heterocycles. The van der Waals surface area contributed by atoms with Gasteiger partial charge in [-0.2, -0.15) is 13.2 Å². The Morgan fingerprint density at radius 1 is 1.10 bits per heavy atom. The number of para-hydroxylation sites is 1. The maximum Gasteiger partial charge on any atom is 0.417 e. The molecular formula is C19H20F3N3O3S. The summed E-state index contributed by atoms with van der Waals surface area (Å²) in [7, 11) is -3.02. The van der Waals surface area contributed by atoms with E-state index >= 15 is 0 Å². The Balaban J connectivity index is 1.56. The normalized spacial score (nSPS) is 22.9. The Labute approximate surface area is 166 Å². The second kappa shape index (κ2) is 7.24. The van der Waals surface area contributed by atoms with Crippen molar-refractivity contribution >= 4 is 26.6 Å². The van der Waals surface area contributed by atoms with Crippen LogP contribution in [-0.2, 0) is 16.0 Å². The van der Waals surface area contributed by atoms with Crippen LogP contribution in [0, 0.1) is 0 Å². The molecule has 29 heavy (non-hydrogen) atoms. The van der Waals surface area contributed by atoms with Gasteiger partial charge < -0.3 is 4.90 Å². The molecular weight excluding hydrogens is 407 g/mol. The number of rotatable bonds is 2. The third-order valence-electron chi connectivity index (χ3n) is 5.62. The highest BCUT2D eigenvalue weighted by Crippen LogP contribution is 2.37. The number of pyridine rings is 1. The van der Waals surface area contributed by atoms with Gasteiger partial charge in [0.2, 0.25) is 0 Å². The maximum absolute atomic E-state index is 13.8. The molecule has 0 N–H and O–H groups in total. The molecule has 0 radical (unpaired) electrons. The van der Waals surface area contributed by atoms with E-state index in [1.54, 1.807) is 6.07 Å². The van der Waals surface area contributed by atoms with E-state index in [1.807, 2.05) is 4.90 Å². The molecule has 1 amide bonds. The Hall–Kier alpha value is -2.20. The van der Waals surface area contributed by atoms with Crippen LogP contribution < -0.4 is 0 Å². The second-order valence-corrected chi connectivity index (χ2v) is 9.68. The monoisotopic (exact) mass is 427 g/mol. The number of carbonyl (C=O) groups excluding carboxylic acids is 1. The lowest BCUT2D eigenvalue weighted by atomic mass is 10.0. The summed E-state index contributed by atoms with van der Waals surface area (Å²) in [6, 6.07) is 5.81. The van der Waals surface area contributed by atoms with Crippen LogP contribution in [0.5, 0.6) is 0 Å². The Morgan fingerprint density at radius 3 is 2.41 bits per heavy atom. The average Bonchev–Trinajstić information content (AvgIpc) is 3.05. The van der Waals surface area contributed by atoms with E-state index in [4.69, 9.17) is 0 Å². The van der Waals surface area contributed by atoms with Gasteiger partial charge in [-0.15, -0.1) is 0 Å². The fourth-order valence-corrected chi connectivity index (χ4v) is 5.89. The van der Waals surface area contributed by atoms with Gasteiger partial charge in [0.15, 0.2) is 9.84 Å². The van der Waals surface area contributed by atoms with Gasteiger partial charge in [0, 0.05) is 43.8 Å². The van der Waals surface area contributed by atoms with Gasteiger partial charge in [-0.05, 0) is 12.5 Å². The Kier molecular flexibility index (Phi) is 5.02. The zero-order chi connectivity index (χ0) is 20.8. The summed E-state index contributed by atoms with van der Waals surface area (Å²) < 4.78 is 64.7. The molecule has 3 heterocycles. The second-order valence-electron chi connectivity index (χ2n) is 7.45. The van der Waals surface area contributed by atoms with Gasteiger partial charge in [0.1, 0.15) is 0 Å². The number of piperazine rings is 1. The van der Waals surface area contributed by atoms with Crippen molar-refractivity contribution in [3.05, 3.63) is 41.6 Å². The molecule has 156 valence electrons. The highest BCUT2D eigenvalue weighted by Gasteiger charge is 2.40. The van der Waals surface area contributed by atoms with Gasteiger partial charge in [-0.1, -0.05) is 18.2 Å². The van der Waals surface area contributed by atoms with E-state index in [2.05, 4.69) is 4.98 Å². The minimum absolute atomic E-state index is 0.0784. The number of halogens is 3. The van der Waals surface area contributed by atoms with Crippen molar-refractivity contribution in [2.75, 3.05) is 37.7 Å². The summed E-state index contributed by atoms with van der Waals surface area (Å²) in [4.78, 5) is 20.4. The standard InChI is InChI=1S/C19H20F3N3O3S/c20-19(21,22)17-14-3-1-2-4-16(14)23-11-15(17)18(26)25-8-6-24(7-9-25)13-5-10-29(27,28)12-13/h1-4,11,13H,5-10,12H2. The van der Waals surface area contributed by atoms with Crippen LogP contribution in [0.1, 0.15) is 22.3 Å². The maximum atomic E-state index is 13.8. The lowest BCUT2D eigenvalue weighted by molar-refractivity contribution is -0.136. The highest BCUT2D eigenvalue weighted by molar-refractivity contribution is 7.91. The van der Waals surface area contributed by atoms with Crippen molar-refractivity contribution in [2.24, 2.45) is 0 Å². The molecule has 1 unspecified atom stereocenters. The van der Waals surface area contributed by atoms with Crippen molar-refractivity contribution in [1.29, 1.82) is 0 Å². The zero-order valence-corrected chi connectivity index (χ0v) is 16.3. The summed E-state index contributed by atoms with van der Waals surface area (Å²) in [6.07, 6.45) is -3.12. The van der Waals surface area contributed by atoms with Crippen molar-refractivity contribution in [1.82, 2.24) is 14.8 Å². The molecule has 0 bridgehead atoms. The molecule has 2 fully saturated rings. The summed E-state index contributed by atoms with van der Waals surface area (Å²) in [6.45, 7) is 1.38. The largest absolute Gasteiger partial charge is 0.417 e. The summed E-state index contributed by atoms with van der Waals surface area (Å²) in [5, 5.41) is -0.0966. The molecule has 1 atom stereocenters. The highest BCUT2D eigenvalue weighted by atomic mass is 32.2. The van der Waals surface area contributed by atoms with E-state index < -0.39 is 33.0 Å². The van der Waals surface area contributed by atoms with Crippen LogP contribution >= 0.6 is 0 Å². The summed E-state index contributed by atoms with van der Waals surface area (Å²) in [5.74, 6) is -0.434. The number of sulfone groups is 1. The van der Waals surface area contributed by atoms with Crippen LogP contribution in [-0.4, -0.2) is 72.8 Å². The molecule has 2 aliphatic heterocycles. The van der Waals surface area contributed by atoms with Crippen LogP contribution in [0.15, 0.2) is 30.5 Å². The molecule has 0 aliphatic carbocycles. The van der Waals surface area contributed by atoms with Gasteiger partial charge in [-0.3, -0.25) is 14.7 Å². The van der Waals surface area contributed by atoms with Gasteiger partial charge in [-0.25, -0.2) is 8.42 Å². The van der Waals surface area contributed by atoms with Crippen molar-refractivity contribution in [3.63, 3.8) is 0 Å². The first-order valence-electron chi connectivity index (χ1n) is 9.34. The molecule has 10 heteroatoms. The van der Waals surface area contributed by atoms with E-state index in [-0.39, 0.29) is 41.5 Å². The molecule has 4 rings (SSSR count). The summed E-state index contributed by atoms with van der Waals surface area (Å²) >= 11 is 0. The zero-order valence-electron chi connectivity index (χ0n) is 15.5. The lowest BCUT2D eigenvalue weighted by Crippen LogP contribution is -2.52. The number of hydrogen-bond acceptors (Lipinski definition) is 5. The smallest absolute Gasteiger partial charge is 0.336 e. The third-order valence-corrected chi connectivity index (χ3v) is 7.37. The molecule has 6 nitrogen and oxygen atoms in total. The van der Waals surface area contributed by atoms with Crippen LogP contribution in [0.3, 0.4) is 0 Å². The van der Waals surface area contributed by atoms with Crippen LogP contribution in [0.4, 0.5) is 13.2 Å². The number of alkyl halides is 3. The molecule has 1 aromatic carbocycles. The van der Waals surface area contributed by atoms with Gasteiger partial charge >= 0.3 is 6.18 Å². The third kappa shape index (κ3) is 3.95. The first-order valence-corrected chi connectivity index (χ1v) is 11.2. The quantitative estimate of drug-likeness (QED) is 0.735. The molecule has 0 saturated carbocycles. The fourth-order valence-electron chi connectivity index (χ4n) is 4.13. The number of carbonyl (C=O) groups is 1. The number of fused-ring (bicyclic) bond motifs is 1. The van der Waals surface area contributed by atoms with Crippen LogP contribution in [0.2, 0.25) is 0 Å². The number of amides is 1. The Bertz CT molecular complexity index is 1050. The van der Waals surface area contributed by atoms with E-state index in [0.717, 1.165) is 6.20 Å². The first kappa shape index (κ1) is 20.1. The minimum atomic E-state index is -4.69. The minimum Gasteiger partial charge on any atom is -0.336 e. The first-order chi connectivity index (χ1) is 13.7. The topological polar surface area (TPSA) is 70.6 Å². The van der Waals surface area contributed by atoms with E-state index in [9.17, 15) is 26.4 Å². The molecule has 2 saturated heterocycles. The summed E-state index contributed by atoms with van der Waals surface area (Å²) in [5.41, 5.74) is -1.23. The van der Waals surface area contributed by atoms with Crippen molar-refractivity contribution in [2.45, 2.75) is 18.6 Å². The SMILES string of the molecule is O=C(c1cnc2ccccc2c1C(F)(F)F)N1CCN(C2CCS(=O)(=O)C2)CC1. The number of aromatic nitrogens is 1. The molecule has 2 aliphatic rings. The fraction of sp³-hybridized carbons (Fsp3) is 0.474. The average molecular weight is 427 g/mol. The lowest BCUT2D eigenvalue weighted by Gasteiger charge is -2.37. The Morgan fingerprint density at radius 2 is 1.79 bits per heavy atom. The van der Waals surface area contributed by atoms with Crippen LogP contribution in [0.25, 0.3) is 10.9 Å². The van der Waals surface area contributed by atoms with E-state index in [0.29, 0.717) is 19.5 Å².